The number of para-hydroxylation sites is 2. The number of methoxy groups -OCH3 is 1. The van der Waals surface area contributed by atoms with Gasteiger partial charge in [-0.2, -0.15) is 0 Å². The molecule has 1 rings (SSSR count). The first-order valence-corrected chi connectivity index (χ1v) is 7.07. The van der Waals surface area contributed by atoms with Crippen molar-refractivity contribution in [3.05, 3.63) is 24.3 Å². The van der Waals surface area contributed by atoms with Crippen molar-refractivity contribution in [2.75, 3.05) is 53.1 Å². The number of ether oxygens (including phenoxy) is 3. The van der Waals surface area contributed by atoms with E-state index in [0.717, 1.165) is 31.1 Å². The van der Waals surface area contributed by atoms with Gasteiger partial charge in [0.25, 0.3) is 0 Å². The normalized spacial score (nSPS) is 10.8. The summed E-state index contributed by atoms with van der Waals surface area (Å²) in [4.78, 5) is 2.23. The molecule has 0 aliphatic carbocycles. The zero-order valence-electron chi connectivity index (χ0n) is 12.5. The van der Waals surface area contributed by atoms with Crippen molar-refractivity contribution >= 4 is 0 Å². The van der Waals surface area contributed by atoms with E-state index >= 15 is 0 Å². The Labute approximate surface area is 121 Å². The third-order valence-corrected chi connectivity index (χ3v) is 2.87. The standard InChI is InChI=1S/C15H26N2O3/c1-3-19-14-6-4-5-7-15(14)20-13-11-17(9-8-16)10-12-18-2/h4-7H,3,8-13,16H2,1-2H3. The van der Waals surface area contributed by atoms with Crippen molar-refractivity contribution in [3.8, 4) is 11.5 Å². The molecule has 0 saturated heterocycles. The third-order valence-electron chi connectivity index (χ3n) is 2.87. The predicted molar refractivity (Wildman–Crippen MR) is 80.5 cm³/mol. The Kier molecular flexibility index (Phi) is 8.78. The SMILES string of the molecule is CCOc1ccccc1OCCN(CCN)CCOC. The Morgan fingerprint density at radius 2 is 1.65 bits per heavy atom. The molecular formula is C15H26N2O3. The van der Waals surface area contributed by atoms with Crippen molar-refractivity contribution in [2.45, 2.75) is 6.92 Å². The monoisotopic (exact) mass is 282 g/mol. The smallest absolute Gasteiger partial charge is 0.161 e. The van der Waals surface area contributed by atoms with E-state index in [4.69, 9.17) is 19.9 Å². The second kappa shape index (κ2) is 10.5. The average molecular weight is 282 g/mol. The highest BCUT2D eigenvalue weighted by atomic mass is 16.5. The Hall–Kier alpha value is -1.30. The van der Waals surface area contributed by atoms with E-state index in [0.29, 0.717) is 26.4 Å². The van der Waals surface area contributed by atoms with Crippen LogP contribution in [0.3, 0.4) is 0 Å². The highest BCUT2D eigenvalue weighted by molar-refractivity contribution is 5.39. The first-order chi connectivity index (χ1) is 9.81. The van der Waals surface area contributed by atoms with Crippen molar-refractivity contribution in [3.63, 3.8) is 0 Å². The number of hydrogen-bond donors (Lipinski definition) is 1. The molecule has 1 aromatic carbocycles. The molecule has 0 aromatic heterocycles. The summed E-state index contributed by atoms with van der Waals surface area (Å²) in [6.45, 7) is 7.08. The van der Waals surface area contributed by atoms with E-state index in [2.05, 4.69) is 4.90 Å². The first-order valence-electron chi connectivity index (χ1n) is 7.07. The van der Waals surface area contributed by atoms with Gasteiger partial charge in [0, 0.05) is 33.3 Å². The van der Waals surface area contributed by atoms with Crippen LogP contribution < -0.4 is 15.2 Å². The maximum Gasteiger partial charge on any atom is 0.161 e. The summed E-state index contributed by atoms with van der Waals surface area (Å²) >= 11 is 0. The average Bonchev–Trinajstić information content (AvgIpc) is 2.47. The number of nitrogens with two attached hydrogens (primary N) is 1. The van der Waals surface area contributed by atoms with E-state index in [9.17, 15) is 0 Å². The van der Waals surface area contributed by atoms with Crippen molar-refractivity contribution < 1.29 is 14.2 Å². The fourth-order valence-corrected chi connectivity index (χ4v) is 1.87. The fraction of sp³-hybridized carbons (Fsp3) is 0.600. The van der Waals surface area contributed by atoms with Gasteiger partial charge in [0.15, 0.2) is 11.5 Å². The van der Waals surface area contributed by atoms with Crippen LogP contribution in [0, 0.1) is 0 Å². The second-order valence-corrected chi connectivity index (χ2v) is 4.35. The van der Waals surface area contributed by atoms with Gasteiger partial charge in [0.1, 0.15) is 6.61 Å². The lowest BCUT2D eigenvalue weighted by atomic mass is 10.3. The van der Waals surface area contributed by atoms with Crippen LogP contribution in [0.1, 0.15) is 6.92 Å². The summed E-state index contributed by atoms with van der Waals surface area (Å²) in [5.41, 5.74) is 5.60. The van der Waals surface area contributed by atoms with Crippen LogP contribution in [0.25, 0.3) is 0 Å². The highest BCUT2D eigenvalue weighted by Gasteiger charge is 2.06. The van der Waals surface area contributed by atoms with Crippen LogP contribution in [0.4, 0.5) is 0 Å². The summed E-state index contributed by atoms with van der Waals surface area (Å²) in [6.07, 6.45) is 0. The second-order valence-electron chi connectivity index (χ2n) is 4.35. The minimum atomic E-state index is 0.605. The number of rotatable bonds is 11. The van der Waals surface area contributed by atoms with E-state index in [1.54, 1.807) is 7.11 Å². The van der Waals surface area contributed by atoms with Gasteiger partial charge in [-0.1, -0.05) is 12.1 Å². The molecule has 2 N–H and O–H groups in total. The zero-order valence-corrected chi connectivity index (χ0v) is 12.5. The lowest BCUT2D eigenvalue weighted by molar-refractivity contribution is 0.136. The minimum absolute atomic E-state index is 0.605. The molecule has 114 valence electrons. The van der Waals surface area contributed by atoms with Crippen LogP contribution in [0.5, 0.6) is 11.5 Å². The molecule has 0 bridgehead atoms. The van der Waals surface area contributed by atoms with Gasteiger partial charge in [-0.3, -0.25) is 4.90 Å². The zero-order chi connectivity index (χ0) is 14.6. The number of benzene rings is 1. The lowest BCUT2D eigenvalue weighted by Crippen LogP contribution is -2.35. The summed E-state index contributed by atoms with van der Waals surface area (Å²) in [6, 6.07) is 7.73. The van der Waals surface area contributed by atoms with Gasteiger partial charge in [-0.15, -0.1) is 0 Å². The molecule has 0 amide bonds. The molecule has 0 atom stereocenters. The largest absolute Gasteiger partial charge is 0.490 e. The maximum atomic E-state index is 5.80. The van der Waals surface area contributed by atoms with Gasteiger partial charge in [0.05, 0.1) is 13.2 Å². The third kappa shape index (κ3) is 6.23. The molecule has 0 aliphatic heterocycles. The minimum Gasteiger partial charge on any atom is -0.490 e. The summed E-state index contributed by atoms with van der Waals surface area (Å²) < 4.78 is 16.4. The Morgan fingerprint density at radius 3 is 2.25 bits per heavy atom. The molecule has 0 unspecified atom stereocenters. The van der Waals surface area contributed by atoms with Gasteiger partial charge in [0.2, 0.25) is 0 Å². The van der Waals surface area contributed by atoms with E-state index in [1.807, 2.05) is 31.2 Å². The van der Waals surface area contributed by atoms with Crippen LogP contribution in [0.15, 0.2) is 24.3 Å². The number of nitrogens with zero attached hydrogens (tertiary/aromatic N) is 1. The molecule has 0 saturated carbocycles. The Morgan fingerprint density at radius 1 is 1.00 bits per heavy atom. The molecule has 5 nitrogen and oxygen atoms in total. The molecule has 1 aromatic rings. The molecule has 0 heterocycles. The van der Waals surface area contributed by atoms with Crippen LogP contribution in [-0.2, 0) is 4.74 Å². The topological polar surface area (TPSA) is 57.0 Å². The number of hydrogen-bond acceptors (Lipinski definition) is 5. The first kappa shape index (κ1) is 16.8. The van der Waals surface area contributed by atoms with Crippen LogP contribution >= 0.6 is 0 Å². The Bertz CT molecular complexity index is 361. The molecule has 0 aliphatic rings. The quantitative estimate of drug-likeness (QED) is 0.664. The van der Waals surface area contributed by atoms with Crippen molar-refractivity contribution in [1.82, 2.24) is 4.90 Å². The lowest BCUT2D eigenvalue weighted by Gasteiger charge is -2.21. The Balaban J connectivity index is 2.41. The van der Waals surface area contributed by atoms with Crippen molar-refractivity contribution in [1.29, 1.82) is 0 Å². The molecule has 20 heavy (non-hydrogen) atoms. The van der Waals surface area contributed by atoms with Gasteiger partial charge >= 0.3 is 0 Å². The highest BCUT2D eigenvalue weighted by Crippen LogP contribution is 2.26. The van der Waals surface area contributed by atoms with Gasteiger partial charge in [-0.05, 0) is 19.1 Å². The maximum absolute atomic E-state index is 5.80. The molecule has 0 spiro atoms. The summed E-state index contributed by atoms with van der Waals surface area (Å²) in [5.74, 6) is 1.58. The fourth-order valence-electron chi connectivity index (χ4n) is 1.87. The molecule has 5 heteroatoms. The van der Waals surface area contributed by atoms with Crippen molar-refractivity contribution in [2.24, 2.45) is 5.73 Å². The van der Waals surface area contributed by atoms with Crippen LogP contribution in [0.2, 0.25) is 0 Å². The van der Waals surface area contributed by atoms with Crippen LogP contribution in [-0.4, -0.2) is 58.0 Å². The molecule has 0 fully saturated rings. The van der Waals surface area contributed by atoms with E-state index in [1.165, 1.54) is 0 Å². The van der Waals surface area contributed by atoms with Gasteiger partial charge in [-0.25, -0.2) is 0 Å². The van der Waals surface area contributed by atoms with Gasteiger partial charge < -0.3 is 19.9 Å². The molecule has 0 radical (unpaired) electrons. The van der Waals surface area contributed by atoms with E-state index < -0.39 is 0 Å². The summed E-state index contributed by atoms with van der Waals surface area (Å²) in [7, 11) is 1.70. The summed E-state index contributed by atoms with van der Waals surface area (Å²) in [5, 5.41) is 0. The molecular weight excluding hydrogens is 256 g/mol. The van der Waals surface area contributed by atoms with E-state index in [-0.39, 0.29) is 0 Å². The predicted octanol–water partition coefficient (Wildman–Crippen LogP) is 1.37.